The van der Waals surface area contributed by atoms with Gasteiger partial charge in [0.05, 0.1) is 0 Å². The summed E-state index contributed by atoms with van der Waals surface area (Å²) in [6.07, 6.45) is 2.52. The molecule has 0 fully saturated rings. The molecule has 0 aliphatic rings. The Kier molecular flexibility index (Phi) is 3.01. The van der Waals surface area contributed by atoms with Gasteiger partial charge in [0.1, 0.15) is 11.9 Å². The van der Waals surface area contributed by atoms with Crippen LogP contribution in [0, 0.1) is 19.0 Å². The van der Waals surface area contributed by atoms with Gasteiger partial charge in [-0.3, -0.25) is 0 Å². The molecule has 0 saturated heterocycles. The van der Waals surface area contributed by atoms with E-state index >= 15 is 0 Å². The third kappa shape index (κ3) is 2.18. The molecule has 1 nitrogen and oxygen atoms in total. The molecule has 0 aliphatic heterocycles. The maximum absolute atomic E-state index is 5.77. The van der Waals surface area contributed by atoms with Crippen molar-refractivity contribution in [1.82, 2.24) is 0 Å². The summed E-state index contributed by atoms with van der Waals surface area (Å²) in [5.41, 5.74) is 1.03. The van der Waals surface area contributed by atoms with Crippen molar-refractivity contribution < 1.29 is 4.74 Å². The van der Waals surface area contributed by atoms with E-state index in [9.17, 15) is 0 Å². The summed E-state index contributed by atoms with van der Waals surface area (Å²) in [7, 11) is 0. The molecule has 0 amide bonds. The van der Waals surface area contributed by atoms with E-state index in [1.165, 1.54) is 0 Å². The summed E-state index contributed by atoms with van der Waals surface area (Å²) < 4.78 is 5.12. The fourth-order valence-corrected chi connectivity index (χ4v) is 0.952. The van der Waals surface area contributed by atoms with Crippen molar-refractivity contribution in [2.45, 2.75) is 13.8 Å². The second-order valence-corrected chi connectivity index (χ2v) is 2.80. The number of aryl methyl sites for hydroxylation is 1. The summed E-state index contributed by atoms with van der Waals surface area (Å²) in [4.78, 5) is 0. The van der Waals surface area contributed by atoms with Gasteiger partial charge >= 0.3 is 0 Å². The van der Waals surface area contributed by atoms with Crippen LogP contribution in [0.25, 0.3) is 0 Å². The third-order valence-electron chi connectivity index (χ3n) is 1.41. The van der Waals surface area contributed by atoms with Crippen LogP contribution in [0.15, 0.2) is 18.2 Å². The molecule has 0 aromatic heterocycles. The number of rotatable bonds is 1. The molecule has 0 spiro atoms. The van der Waals surface area contributed by atoms with Gasteiger partial charge in [-0.15, -0.1) is 0 Å². The topological polar surface area (TPSA) is 9.23 Å². The Labute approximate surface area is 77.3 Å². The molecule has 1 rings (SSSR count). The van der Waals surface area contributed by atoms with E-state index < -0.39 is 0 Å². The maximum Gasteiger partial charge on any atom is 0.144 e. The molecule has 0 atom stereocenters. The van der Waals surface area contributed by atoms with Crippen molar-refractivity contribution in [1.29, 1.82) is 0 Å². The second kappa shape index (κ2) is 4.04. The lowest BCUT2D eigenvalue weighted by atomic mass is 10.2. The van der Waals surface area contributed by atoms with Crippen LogP contribution in [-0.2, 0) is 0 Å². The fraction of sp³-hybridized carbons (Fsp3) is 0.200. The molecule has 0 radical (unpaired) electrons. The van der Waals surface area contributed by atoms with E-state index in [1.807, 2.05) is 19.1 Å². The molecule has 0 bridgehead atoms. The molecular weight excluding hydrogens is 172 g/mol. The Balaban J connectivity index is 2.94. The van der Waals surface area contributed by atoms with Gasteiger partial charge in [-0.05, 0) is 18.6 Å². The molecule has 0 saturated carbocycles. The van der Waals surface area contributed by atoms with Crippen LogP contribution in [0.4, 0.5) is 0 Å². The molecule has 0 unspecified atom stereocenters. The Bertz CT molecular complexity index is 333. The third-order valence-corrected chi connectivity index (χ3v) is 1.65. The summed E-state index contributed by atoms with van der Waals surface area (Å²) in [6.45, 7) is 3.67. The van der Waals surface area contributed by atoms with Gasteiger partial charge in [0.15, 0.2) is 0 Å². The summed E-state index contributed by atoms with van der Waals surface area (Å²) >= 11 is 5.77. The predicted octanol–water partition coefficient (Wildman–Crippen LogP) is 3.01. The first-order valence-corrected chi connectivity index (χ1v) is 3.96. The number of hydrogen-bond donors (Lipinski definition) is 0. The molecule has 1 aromatic rings. The van der Waals surface area contributed by atoms with Crippen molar-refractivity contribution >= 4 is 11.6 Å². The highest BCUT2D eigenvalue weighted by molar-refractivity contribution is 6.30. The quantitative estimate of drug-likeness (QED) is 0.604. The van der Waals surface area contributed by atoms with Gasteiger partial charge in [0, 0.05) is 18.0 Å². The van der Waals surface area contributed by atoms with E-state index in [4.69, 9.17) is 16.3 Å². The summed E-state index contributed by atoms with van der Waals surface area (Å²) in [6, 6.07) is 5.47. The Hall–Kier alpha value is -1.13. The van der Waals surface area contributed by atoms with Crippen molar-refractivity contribution in [3.05, 3.63) is 28.8 Å². The van der Waals surface area contributed by atoms with Crippen molar-refractivity contribution in [2.24, 2.45) is 0 Å². The molecule has 1 aromatic carbocycles. The monoisotopic (exact) mass is 180 g/mol. The van der Waals surface area contributed by atoms with Gasteiger partial charge in [0.2, 0.25) is 0 Å². The summed E-state index contributed by atoms with van der Waals surface area (Å²) in [5.74, 6) is 3.37. The van der Waals surface area contributed by atoms with Crippen LogP contribution in [0.3, 0.4) is 0 Å². The minimum atomic E-state index is 0.661. The Morgan fingerprint density at radius 2 is 2.17 bits per heavy atom. The second-order valence-electron chi connectivity index (χ2n) is 2.36. The molecule has 0 aliphatic carbocycles. The lowest BCUT2D eigenvalue weighted by Crippen LogP contribution is -1.85. The lowest BCUT2D eigenvalue weighted by Gasteiger charge is -2.01. The minimum absolute atomic E-state index is 0.661. The van der Waals surface area contributed by atoms with Crippen molar-refractivity contribution in [3.8, 4) is 17.8 Å². The van der Waals surface area contributed by atoms with Crippen LogP contribution in [0.5, 0.6) is 5.75 Å². The largest absolute Gasteiger partial charge is 0.407 e. The van der Waals surface area contributed by atoms with Gasteiger partial charge in [-0.25, -0.2) is 0 Å². The molecule has 0 heterocycles. The first-order valence-electron chi connectivity index (χ1n) is 3.59. The lowest BCUT2D eigenvalue weighted by molar-refractivity contribution is 0.515. The Morgan fingerprint density at radius 1 is 1.42 bits per heavy atom. The van der Waals surface area contributed by atoms with E-state index in [2.05, 4.69) is 12.0 Å². The standard InChI is InChI=1S/C10H9ClO/c1-3-6-12-10-7-9(11)5-4-8(10)2/h4-5,7H,1-2H3. The average Bonchev–Trinajstić information content (AvgIpc) is 2.07. The van der Waals surface area contributed by atoms with Crippen molar-refractivity contribution in [2.75, 3.05) is 0 Å². The zero-order valence-electron chi connectivity index (χ0n) is 7.02. The average molecular weight is 181 g/mol. The number of hydrogen-bond acceptors (Lipinski definition) is 1. The van der Waals surface area contributed by atoms with Gasteiger partial charge in [-0.1, -0.05) is 23.6 Å². The molecule has 62 valence electrons. The van der Waals surface area contributed by atoms with Crippen LogP contribution in [-0.4, -0.2) is 0 Å². The normalized spacial score (nSPS) is 8.58. The highest BCUT2D eigenvalue weighted by atomic mass is 35.5. The zero-order valence-corrected chi connectivity index (χ0v) is 7.77. The van der Waals surface area contributed by atoms with Gasteiger partial charge < -0.3 is 4.74 Å². The molecular formula is C10H9ClO. The maximum atomic E-state index is 5.77. The van der Waals surface area contributed by atoms with Gasteiger partial charge in [0.25, 0.3) is 0 Å². The molecule has 2 heteroatoms. The SMILES string of the molecule is CC#COc1cc(Cl)ccc1C. The van der Waals surface area contributed by atoms with E-state index in [0.29, 0.717) is 5.02 Å². The van der Waals surface area contributed by atoms with E-state index in [1.54, 1.807) is 13.0 Å². The Morgan fingerprint density at radius 3 is 2.83 bits per heavy atom. The van der Waals surface area contributed by atoms with E-state index in [0.717, 1.165) is 11.3 Å². The van der Waals surface area contributed by atoms with Crippen molar-refractivity contribution in [3.63, 3.8) is 0 Å². The van der Waals surface area contributed by atoms with Crippen LogP contribution < -0.4 is 4.74 Å². The smallest absolute Gasteiger partial charge is 0.144 e. The molecule has 12 heavy (non-hydrogen) atoms. The van der Waals surface area contributed by atoms with Gasteiger partial charge in [-0.2, -0.15) is 0 Å². The number of benzene rings is 1. The number of ether oxygens (including phenoxy) is 1. The highest BCUT2D eigenvalue weighted by Gasteiger charge is 1.98. The fourth-order valence-electron chi connectivity index (χ4n) is 0.790. The molecule has 0 N–H and O–H groups in total. The number of halogens is 1. The van der Waals surface area contributed by atoms with Crippen LogP contribution >= 0.6 is 11.6 Å². The summed E-state index contributed by atoms with van der Waals surface area (Å²) in [5, 5.41) is 0.661. The first kappa shape index (κ1) is 8.96. The van der Waals surface area contributed by atoms with Crippen LogP contribution in [0.2, 0.25) is 5.02 Å². The first-order chi connectivity index (χ1) is 5.74. The highest BCUT2D eigenvalue weighted by Crippen LogP contribution is 2.21. The van der Waals surface area contributed by atoms with Crippen LogP contribution in [0.1, 0.15) is 12.5 Å². The predicted molar refractivity (Wildman–Crippen MR) is 50.3 cm³/mol. The minimum Gasteiger partial charge on any atom is -0.407 e. The van der Waals surface area contributed by atoms with E-state index in [-0.39, 0.29) is 0 Å². The zero-order chi connectivity index (χ0) is 8.97.